The Bertz CT molecular complexity index is 1270. The SMILES string of the molecule is O=C(OCc1ccccc1)N1CCNCC(Cc2cccc(Nc3ncc(-c4ccccc4)s3)n2)C1. The van der Waals surface area contributed by atoms with Gasteiger partial charge in [0.25, 0.3) is 0 Å². The molecule has 2 aromatic heterocycles. The molecular weight excluding hydrogens is 470 g/mol. The third-order valence-corrected chi connectivity index (χ3v) is 7.00. The summed E-state index contributed by atoms with van der Waals surface area (Å²) in [5.74, 6) is 1.01. The van der Waals surface area contributed by atoms with Crippen LogP contribution >= 0.6 is 11.3 Å². The van der Waals surface area contributed by atoms with Crippen LogP contribution in [0.3, 0.4) is 0 Å². The maximum atomic E-state index is 12.7. The number of benzene rings is 2. The highest BCUT2D eigenvalue weighted by molar-refractivity contribution is 7.18. The number of hydrogen-bond acceptors (Lipinski definition) is 7. The monoisotopic (exact) mass is 499 g/mol. The smallest absolute Gasteiger partial charge is 0.410 e. The Kier molecular flexibility index (Phi) is 7.85. The minimum Gasteiger partial charge on any atom is -0.445 e. The van der Waals surface area contributed by atoms with E-state index < -0.39 is 0 Å². The van der Waals surface area contributed by atoms with Crippen LogP contribution in [0.2, 0.25) is 0 Å². The molecule has 2 aromatic carbocycles. The Labute approximate surface area is 215 Å². The van der Waals surface area contributed by atoms with Crippen molar-refractivity contribution in [2.24, 2.45) is 5.92 Å². The molecule has 1 amide bonds. The van der Waals surface area contributed by atoms with Gasteiger partial charge in [-0.05, 0) is 35.6 Å². The molecule has 36 heavy (non-hydrogen) atoms. The van der Waals surface area contributed by atoms with E-state index in [4.69, 9.17) is 9.72 Å². The Hall–Kier alpha value is -3.75. The zero-order chi connectivity index (χ0) is 24.6. The molecule has 1 aliphatic heterocycles. The van der Waals surface area contributed by atoms with Crippen molar-refractivity contribution in [3.8, 4) is 10.4 Å². The first-order valence-corrected chi connectivity index (χ1v) is 12.9. The highest BCUT2D eigenvalue weighted by atomic mass is 32.1. The standard InChI is InChI=1S/C28H29N5O2S/c34-28(35-20-21-8-3-1-4-9-21)33-15-14-29-17-22(19-33)16-24-12-7-13-26(31-24)32-27-30-18-25(36-27)23-10-5-2-6-11-23/h1-13,18,22,29H,14-17,19-20H2,(H,30,31,32). The molecule has 4 aromatic rings. The summed E-state index contributed by atoms with van der Waals surface area (Å²) in [4.78, 5) is 25.0. The van der Waals surface area contributed by atoms with Crippen LogP contribution in [0.4, 0.5) is 15.7 Å². The normalized spacial score (nSPS) is 15.8. The van der Waals surface area contributed by atoms with Gasteiger partial charge in [0.1, 0.15) is 12.4 Å². The summed E-state index contributed by atoms with van der Waals surface area (Å²) in [6.45, 7) is 3.13. The molecule has 3 heterocycles. The predicted octanol–water partition coefficient (Wildman–Crippen LogP) is 5.35. The van der Waals surface area contributed by atoms with Gasteiger partial charge in [-0.2, -0.15) is 0 Å². The molecule has 1 atom stereocenters. The van der Waals surface area contributed by atoms with Crippen molar-refractivity contribution in [3.05, 3.63) is 96.3 Å². The summed E-state index contributed by atoms with van der Waals surface area (Å²) in [6.07, 6.45) is 2.38. The molecule has 0 radical (unpaired) electrons. The molecule has 184 valence electrons. The largest absolute Gasteiger partial charge is 0.445 e. The van der Waals surface area contributed by atoms with E-state index in [1.54, 1.807) is 16.2 Å². The van der Waals surface area contributed by atoms with Gasteiger partial charge < -0.3 is 20.3 Å². The summed E-state index contributed by atoms with van der Waals surface area (Å²) in [5, 5.41) is 7.59. The molecular formula is C28H29N5O2S. The molecule has 1 unspecified atom stereocenters. The fourth-order valence-electron chi connectivity index (χ4n) is 4.24. The van der Waals surface area contributed by atoms with E-state index in [1.807, 2.05) is 72.9 Å². The second-order valence-corrected chi connectivity index (χ2v) is 9.83. The molecule has 1 fully saturated rings. The van der Waals surface area contributed by atoms with Crippen LogP contribution in [0.25, 0.3) is 10.4 Å². The molecule has 0 spiro atoms. The summed E-state index contributed by atoms with van der Waals surface area (Å²) in [5.41, 5.74) is 3.11. The van der Waals surface area contributed by atoms with Crippen molar-refractivity contribution >= 4 is 28.4 Å². The highest BCUT2D eigenvalue weighted by Gasteiger charge is 2.23. The van der Waals surface area contributed by atoms with E-state index in [0.717, 1.165) is 52.2 Å². The summed E-state index contributed by atoms with van der Waals surface area (Å²) in [6, 6.07) is 26.0. The highest BCUT2D eigenvalue weighted by Crippen LogP contribution is 2.30. The molecule has 7 nitrogen and oxygen atoms in total. The molecule has 8 heteroatoms. The summed E-state index contributed by atoms with van der Waals surface area (Å²) < 4.78 is 5.57. The van der Waals surface area contributed by atoms with Gasteiger partial charge >= 0.3 is 6.09 Å². The van der Waals surface area contributed by atoms with Crippen molar-refractivity contribution in [1.82, 2.24) is 20.2 Å². The lowest BCUT2D eigenvalue weighted by Gasteiger charge is -2.23. The predicted molar refractivity (Wildman–Crippen MR) is 143 cm³/mol. The molecule has 0 saturated carbocycles. The van der Waals surface area contributed by atoms with Gasteiger partial charge in [-0.15, -0.1) is 0 Å². The van der Waals surface area contributed by atoms with Crippen molar-refractivity contribution in [3.63, 3.8) is 0 Å². The van der Waals surface area contributed by atoms with Gasteiger partial charge in [0, 0.05) is 38.1 Å². The Balaban J connectivity index is 1.18. The number of anilines is 2. The van der Waals surface area contributed by atoms with Crippen LogP contribution in [-0.2, 0) is 17.8 Å². The van der Waals surface area contributed by atoms with Crippen LogP contribution in [0.5, 0.6) is 0 Å². The van der Waals surface area contributed by atoms with Gasteiger partial charge in [0.2, 0.25) is 0 Å². The van der Waals surface area contributed by atoms with Gasteiger partial charge in [-0.1, -0.05) is 78.1 Å². The van der Waals surface area contributed by atoms with E-state index in [0.29, 0.717) is 13.1 Å². The van der Waals surface area contributed by atoms with Crippen molar-refractivity contribution < 1.29 is 9.53 Å². The Morgan fingerprint density at radius 1 is 1.06 bits per heavy atom. The van der Waals surface area contributed by atoms with Crippen LogP contribution < -0.4 is 10.6 Å². The Morgan fingerprint density at radius 2 is 1.86 bits per heavy atom. The van der Waals surface area contributed by atoms with E-state index in [9.17, 15) is 4.79 Å². The average molecular weight is 500 g/mol. The summed E-state index contributed by atoms with van der Waals surface area (Å²) >= 11 is 1.60. The van der Waals surface area contributed by atoms with Gasteiger partial charge in [-0.3, -0.25) is 0 Å². The second kappa shape index (κ2) is 11.8. The zero-order valence-electron chi connectivity index (χ0n) is 20.0. The number of aromatic nitrogens is 2. The van der Waals surface area contributed by atoms with Crippen molar-refractivity contribution in [1.29, 1.82) is 0 Å². The van der Waals surface area contributed by atoms with E-state index in [1.165, 1.54) is 0 Å². The molecule has 1 saturated heterocycles. The molecule has 5 rings (SSSR count). The molecule has 0 aliphatic carbocycles. The first-order chi connectivity index (χ1) is 17.7. The number of nitrogens with one attached hydrogen (secondary N) is 2. The topological polar surface area (TPSA) is 79.4 Å². The number of hydrogen-bond donors (Lipinski definition) is 2. The van der Waals surface area contributed by atoms with Crippen LogP contribution in [0, 0.1) is 5.92 Å². The number of pyridine rings is 1. The average Bonchev–Trinajstić information content (AvgIpc) is 3.26. The van der Waals surface area contributed by atoms with Crippen molar-refractivity contribution in [2.45, 2.75) is 13.0 Å². The van der Waals surface area contributed by atoms with Gasteiger partial charge in [-0.25, -0.2) is 14.8 Å². The van der Waals surface area contributed by atoms with E-state index in [-0.39, 0.29) is 18.6 Å². The zero-order valence-corrected chi connectivity index (χ0v) is 20.8. The minimum absolute atomic E-state index is 0.240. The minimum atomic E-state index is -0.270. The Morgan fingerprint density at radius 3 is 2.69 bits per heavy atom. The number of nitrogens with zero attached hydrogens (tertiary/aromatic N) is 3. The first kappa shape index (κ1) is 24.0. The quantitative estimate of drug-likeness (QED) is 0.357. The lowest BCUT2D eigenvalue weighted by Crippen LogP contribution is -2.36. The summed E-state index contributed by atoms with van der Waals surface area (Å²) in [7, 11) is 0. The lowest BCUT2D eigenvalue weighted by atomic mass is 10.0. The second-order valence-electron chi connectivity index (χ2n) is 8.80. The van der Waals surface area contributed by atoms with E-state index in [2.05, 4.69) is 27.8 Å². The maximum absolute atomic E-state index is 12.7. The van der Waals surface area contributed by atoms with Crippen LogP contribution in [-0.4, -0.2) is 47.1 Å². The molecule has 1 aliphatic rings. The van der Waals surface area contributed by atoms with Gasteiger partial charge in [0.05, 0.1) is 4.88 Å². The maximum Gasteiger partial charge on any atom is 0.410 e. The third kappa shape index (κ3) is 6.47. The lowest BCUT2D eigenvalue weighted by molar-refractivity contribution is 0.0942. The number of carbonyl (C=O) groups excluding carboxylic acids is 1. The molecule has 0 bridgehead atoms. The fraction of sp³-hybridized carbons (Fsp3) is 0.250. The number of ether oxygens (including phenoxy) is 1. The van der Waals surface area contributed by atoms with Gasteiger partial charge in [0.15, 0.2) is 5.13 Å². The first-order valence-electron chi connectivity index (χ1n) is 12.1. The number of thiazole rings is 1. The van der Waals surface area contributed by atoms with E-state index >= 15 is 0 Å². The number of carbonyl (C=O) groups is 1. The molecule has 2 N–H and O–H groups in total. The fourth-order valence-corrected chi connectivity index (χ4v) is 5.07. The third-order valence-electron chi connectivity index (χ3n) is 6.04. The van der Waals surface area contributed by atoms with Crippen LogP contribution in [0.15, 0.2) is 85.1 Å². The number of amides is 1. The van der Waals surface area contributed by atoms with Crippen molar-refractivity contribution in [2.75, 3.05) is 31.5 Å². The number of rotatable bonds is 7. The van der Waals surface area contributed by atoms with Crippen LogP contribution in [0.1, 0.15) is 11.3 Å².